The Morgan fingerprint density at radius 3 is 2.73 bits per heavy atom. The highest BCUT2D eigenvalue weighted by Crippen LogP contribution is 2.26. The van der Waals surface area contributed by atoms with Crippen LogP contribution in [0.2, 0.25) is 0 Å². The second-order valence-electron chi connectivity index (χ2n) is 5.58. The summed E-state index contributed by atoms with van der Waals surface area (Å²) in [4.78, 5) is 19.3. The predicted molar refractivity (Wildman–Crippen MR) is 88.3 cm³/mol. The predicted octanol–water partition coefficient (Wildman–Crippen LogP) is 3.69. The summed E-state index contributed by atoms with van der Waals surface area (Å²) in [5, 5.41) is 1.06. The number of ether oxygens (including phenoxy) is 1. The number of hydrogen-bond acceptors (Lipinski definition) is 3. The summed E-state index contributed by atoms with van der Waals surface area (Å²) in [7, 11) is 0. The van der Waals surface area contributed by atoms with Gasteiger partial charge in [0.2, 0.25) is 0 Å². The summed E-state index contributed by atoms with van der Waals surface area (Å²) < 4.78 is 5.72. The number of nitrogens with one attached hydrogen (secondary N) is 1. The normalized spacial score (nSPS) is 11.1. The van der Waals surface area contributed by atoms with Crippen molar-refractivity contribution >= 4 is 10.9 Å². The van der Waals surface area contributed by atoms with Crippen LogP contribution in [-0.2, 0) is 0 Å². The van der Waals surface area contributed by atoms with E-state index in [-0.39, 0.29) is 11.7 Å². The number of aromatic amines is 1. The SMILES string of the molecule is Cc1cc(-c2ccc[nH]c2=O)nc2cc(OC(C)C)ccc12. The Hall–Kier alpha value is -2.62. The van der Waals surface area contributed by atoms with Crippen molar-refractivity contribution in [1.82, 2.24) is 9.97 Å². The van der Waals surface area contributed by atoms with Gasteiger partial charge in [-0.1, -0.05) is 0 Å². The van der Waals surface area contributed by atoms with E-state index >= 15 is 0 Å². The molecule has 3 rings (SSSR count). The van der Waals surface area contributed by atoms with Crippen LogP contribution in [0, 0.1) is 6.92 Å². The second kappa shape index (κ2) is 5.64. The Labute approximate surface area is 128 Å². The molecule has 112 valence electrons. The molecule has 0 fully saturated rings. The fourth-order valence-corrected chi connectivity index (χ4v) is 2.49. The fourth-order valence-electron chi connectivity index (χ4n) is 2.49. The lowest BCUT2D eigenvalue weighted by molar-refractivity contribution is 0.242. The number of aryl methyl sites for hydroxylation is 1. The highest BCUT2D eigenvalue weighted by Gasteiger charge is 2.09. The van der Waals surface area contributed by atoms with E-state index in [1.54, 1.807) is 18.3 Å². The highest BCUT2D eigenvalue weighted by atomic mass is 16.5. The van der Waals surface area contributed by atoms with E-state index in [9.17, 15) is 4.79 Å². The lowest BCUT2D eigenvalue weighted by Crippen LogP contribution is -2.08. The van der Waals surface area contributed by atoms with Gasteiger partial charge >= 0.3 is 0 Å². The van der Waals surface area contributed by atoms with Crippen LogP contribution in [0.3, 0.4) is 0 Å². The molecule has 4 heteroatoms. The molecular weight excluding hydrogens is 276 g/mol. The standard InChI is InChI=1S/C18H18N2O2/c1-11(2)22-13-6-7-14-12(3)9-16(20-17(14)10-13)15-5-4-8-19-18(15)21/h4-11H,1-3H3,(H,19,21). The van der Waals surface area contributed by atoms with Gasteiger partial charge in [0, 0.05) is 17.6 Å². The molecular formula is C18H18N2O2. The van der Waals surface area contributed by atoms with E-state index in [4.69, 9.17) is 4.74 Å². The zero-order chi connectivity index (χ0) is 15.7. The summed E-state index contributed by atoms with van der Waals surface area (Å²) in [6.45, 7) is 6.00. The number of benzene rings is 1. The molecule has 2 aromatic heterocycles. The maximum absolute atomic E-state index is 12.0. The minimum atomic E-state index is -0.136. The smallest absolute Gasteiger partial charge is 0.257 e. The first-order valence-corrected chi connectivity index (χ1v) is 7.31. The summed E-state index contributed by atoms with van der Waals surface area (Å²) in [6.07, 6.45) is 1.73. The van der Waals surface area contributed by atoms with E-state index in [0.29, 0.717) is 11.3 Å². The molecule has 0 bridgehead atoms. The molecule has 1 aromatic carbocycles. The van der Waals surface area contributed by atoms with Gasteiger partial charge in [-0.2, -0.15) is 0 Å². The van der Waals surface area contributed by atoms with Crippen molar-refractivity contribution in [2.24, 2.45) is 0 Å². The van der Waals surface area contributed by atoms with Crippen LogP contribution in [-0.4, -0.2) is 16.1 Å². The van der Waals surface area contributed by atoms with Crippen molar-refractivity contribution in [3.63, 3.8) is 0 Å². The number of aromatic nitrogens is 2. The third-order valence-corrected chi connectivity index (χ3v) is 3.45. The van der Waals surface area contributed by atoms with Crippen molar-refractivity contribution < 1.29 is 4.74 Å². The van der Waals surface area contributed by atoms with Gasteiger partial charge in [-0.15, -0.1) is 0 Å². The quantitative estimate of drug-likeness (QED) is 0.801. The molecule has 2 heterocycles. The molecule has 0 atom stereocenters. The number of H-pyrrole nitrogens is 1. The molecule has 0 amide bonds. The topological polar surface area (TPSA) is 55.0 Å². The molecule has 1 N–H and O–H groups in total. The average molecular weight is 294 g/mol. The fraction of sp³-hybridized carbons (Fsp3) is 0.222. The third-order valence-electron chi connectivity index (χ3n) is 3.45. The van der Waals surface area contributed by atoms with Gasteiger partial charge in [0.1, 0.15) is 5.75 Å². The number of fused-ring (bicyclic) bond motifs is 1. The molecule has 0 saturated carbocycles. The van der Waals surface area contributed by atoms with Crippen molar-refractivity contribution in [2.45, 2.75) is 26.9 Å². The lowest BCUT2D eigenvalue weighted by Gasteiger charge is -2.11. The average Bonchev–Trinajstić information content (AvgIpc) is 2.46. The maximum Gasteiger partial charge on any atom is 0.257 e. The number of hydrogen-bond donors (Lipinski definition) is 1. The van der Waals surface area contributed by atoms with Gasteiger partial charge in [0.25, 0.3) is 5.56 Å². The van der Waals surface area contributed by atoms with Crippen molar-refractivity contribution in [2.75, 3.05) is 0 Å². The zero-order valence-electron chi connectivity index (χ0n) is 12.9. The first kappa shape index (κ1) is 14.3. The minimum absolute atomic E-state index is 0.110. The van der Waals surface area contributed by atoms with E-state index < -0.39 is 0 Å². The molecule has 0 aliphatic heterocycles. The molecule has 0 radical (unpaired) electrons. The summed E-state index contributed by atoms with van der Waals surface area (Å²) in [5.41, 5.74) is 3.02. The Kier molecular flexibility index (Phi) is 3.67. The van der Waals surface area contributed by atoms with Crippen molar-refractivity contribution in [3.05, 3.63) is 58.5 Å². The first-order chi connectivity index (χ1) is 10.5. The van der Waals surface area contributed by atoms with Crippen LogP contribution in [0.1, 0.15) is 19.4 Å². The highest BCUT2D eigenvalue weighted by molar-refractivity contribution is 5.86. The third kappa shape index (κ3) is 2.72. The molecule has 0 unspecified atom stereocenters. The van der Waals surface area contributed by atoms with Crippen LogP contribution >= 0.6 is 0 Å². The van der Waals surface area contributed by atoms with Crippen LogP contribution in [0.4, 0.5) is 0 Å². The Balaban J connectivity index is 2.17. The molecule has 22 heavy (non-hydrogen) atoms. The van der Waals surface area contributed by atoms with Crippen LogP contribution < -0.4 is 10.3 Å². The molecule has 3 aromatic rings. The summed E-state index contributed by atoms with van der Waals surface area (Å²) in [6, 6.07) is 11.4. The number of pyridine rings is 2. The van der Waals surface area contributed by atoms with E-state index in [0.717, 1.165) is 22.2 Å². The van der Waals surface area contributed by atoms with E-state index in [1.165, 1.54) is 0 Å². The first-order valence-electron chi connectivity index (χ1n) is 7.31. The van der Waals surface area contributed by atoms with Crippen LogP contribution in [0.15, 0.2) is 47.4 Å². The van der Waals surface area contributed by atoms with E-state index in [2.05, 4.69) is 9.97 Å². The monoisotopic (exact) mass is 294 g/mol. The Morgan fingerprint density at radius 2 is 2.00 bits per heavy atom. The summed E-state index contributed by atoms with van der Waals surface area (Å²) in [5.74, 6) is 0.786. The van der Waals surface area contributed by atoms with Crippen LogP contribution in [0.5, 0.6) is 5.75 Å². The maximum atomic E-state index is 12.0. The Morgan fingerprint density at radius 1 is 1.18 bits per heavy atom. The molecule has 0 aliphatic carbocycles. The largest absolute Gasteiger partial charge is 0.491 e. The van der Waals surface area contributed by atoms with Gasteiger partial charge in [0.05, 0.1) is 22.9 Å². The van der Waals surface area contributed by atoms with Crippen LogP contribution in [0.25, 0.3) is 22.2 Å². The second-order valence-corrected chi connectivity index (χ2v) is 5.58. The molecule has 0 saturated heterocycles. The molecule has 0 aliphatic rings. The van der Waals surface area contributed by atoms with Crippen molar-refractivity contribution in [3.8, 4) is 17.0 Å². The lowest BCUT2D eigenvalue weighted by atomic mass is 10.1. The van der Waals surface area contributed by atoms with Gasteiger partial charge in [-0.25, -0.2) is 4.98 Å². The van der Waals surface area contributed by atoms with Crippen molar-refractivity contribution in [1.29, 1.82) is 0 Å². The van der Waals surface area contributed by atoms with Gasteiger partial charge in [-0.05, 0) is 56.7 Å². The van der Waals surface area contributed by atoms with Gasteiger partial charge < -0.3 is 9.72 Å². The number of rotatable bonds is 3. The molecule has 4 nitrogen and oxygen atoms in total. The minimum Gasteiger partial charge on any atom is -0.491 e. The molecule has 0 spiro atoms. The Bertz CT molecular complexity index is 882. The van der Waals surface area contributed by atoms with Gasteiger partial charge in [0.15, 0.2) is 0 Å². The summed E-state index contributed by atoms with van der Waals surface area (Å²) >= 11 is 0. The van der Waals surface area contributed by atoms with Gasteiger partial charge in [-0.3, -0.25) is 4.79 Å². The number of nitrogens with zero attached hydrogens (tertiary/aromatic N) is 1. The van der Waals surface area contributed by atoms with E-state index in [1.807, 2.05) is 45.0 Å². The zero-order valence-corrected chi connectivity index (χ0v) is 12.9.